The zero-order valence-corrected chi connectivity index (χ0v) is 13.2. The molecule has 1 aliphatic carbocycles. The van der Waals surface area contributed by atoms with Crippen molar-refractivity contribution in [2.45, 2.75) is 38.9 Å². The summed E-state index contributed by atoms with van der Waals surface area (Å²) in [7, 11) is 0. The largest absolute Gasteiger partial charge is 0.330 e. The number of benzene rings is 1. The van der Waals surface area contributed by atoms with E-state index in [0.29, 0.717) is 10.8 Å². The molecule has 0 spiro atoms. The monoisotopic (exact) mass is 318 g/mol. The Bertz CT molecular complexity index is 821. The van der Waals surface area contributed by atoms with Crippen molar-refractivity contribution in [1.29, 1.82) is 0 Å². The van der Waals surface area contributed by atoms with Gasteiger partial charge in [0, 0.05) is 37.8 Å². The van der Waals surface area contributed by atoms with Gasteiger partial charge in [-0.3, -0.25) is 15.0 Å². The van der Waals surface area contributed by atoms with Crippen LogP contribution in [0.5, 0.6) is 0 Å². The highest BCUT2D eigenvalue weighted by atomic mass is 32.1. The van der Waals surface area contributed by atoms with Crippen LogP contribution >= 0.6 is 12.2 Å². The van der Waals surface area contributed by atoms with Gasteiger partial charge in [-0.15, -0.1) is 0 Å². The summed E-state index contributed by atoms with van der Waals surface area (Å²) in [5.41, 5.74) is 2.93. The van der Waals surface area contributed by atoms with Crippen molar-refractivity contribution < 1.29 is 4.92 Å². The standard InChI is InChI=1S/C15H18N4O2S/c1-9-6-18-14-11(8-17(9)7-10-2-3-10)4-12(19(20)21)5-13(14)16-15(18)22/h4-5,9-10H,2-3,6-8H2,1H3,(H,16,22)/t9-/m0/s1. The lowest BCUT2D eigenvalue weighted by Crippen LogP contribution is -2.35. The topological polar surface area (TPSA) is 67.1 Å². The Morgan fingerprint density at radius 1 is 1.45 bits per heavy atom. The summed E-state index contributed by atoms with van der Waals surface area (Å²) >= 11 is 5.43. The zero-order valence-electron chi connectivity index (χ0n) is 12.4. The van der Waals surface area contributed by atoms with Crippen LogP contribution in [-0.4, -0.2) is 32.0 Å². The van der Waals surface area contributed by atoms with Crippen LogP contribution < -0.4 is 0 Å². The molecule has 116 valence electrons. The van der Waals surface area contributed by atoms with Gasteiger partial charge in [0.05, 0.1) is 16.0 Å². The first-order valence-electron chi connectivity index (χ1n) is 7.67. The Hall–Kier alpha value is -1.73. The number of non-ortho nitro benzene ring substituents is 1. The number of aromatic amines is 1. The van der Waals surface area contributed by atoms with Crippen LogP contribution in [0.3, 0.4) is 0 Å². The molecular formula is C15H18N4O2S. The van der Waals surface area contributed by atoms with E-state index in [1.807, 2.05) is 0 Å². The fraction of sp³-hybridized carbons (Fsp3) is 0.533. The Balaban J connectivity index is 1.86. The number of H-pyrrole nitrogens is 1. The lowest BCUT2D eigenvalue weighted by atomic mass is 10.1. The van der Waals surface area contributed by atoms with Gasteiger partial charge in [-0.2, -0.15) is 0 Å². The third kappa shape index (κ3) is 2.24. The summed E-state index contributed by atoms with van der Waals surface area (Å²) in [5.74, 6) is 0.795. The number of nitrogens with zero attached hydrogens (tertiary/aromatic N) is 3. The normalized spacial score (nSPS) is 22.0. The number of imidazole rings is 1. The minimum Gasteiger partial charge on any atom is -0.330 e. The van der Waals surface area contributed by atoms with Gasteiger partial charge in [0.15, 0.2) is 4.77 Å². The van der Waals surface area contributed by atoms with Gasteiger partial charge in [0.1, 0.15) is 0 Å². The molecule has 22 heavy (non-hydrogen) atoms. The van der Waals surface area contributed by atoms with Gasteiger partial charge in [-0.25, -0.2) is 0 Å². The molecule has 1 N–H and O–H groups in total. The maximum absolute atomic E-state index is 11.2. The van der Waals surface area contributed by atoms with E-state index in [9.17, 15) is 10.1 Å². The number of aromatic nitrogens is 2. The number of rotatable bonds is 3. The molecule has 7 heteroatoms. The maximum atomic E-state index is 11.2. The second-order valence-electron chi connectivity index (χ2n) is 6.52. The fourth-order valence-corrected chi connectivity index (χ4v) is 3.68. The average molecular weight is 318 g/mol. The Morgan fingerprint density at radius 3 is 2.91 bits per heavy atom. The van der Waals surface area contributed by atoms with Gasteiger partial charge in [-0.05, 0) is 43.5 Å². The van der Waals surface area contributed by atoms with E-state index in [1.54, 1.807) is 12.1 Å². The van der Waals surface area contributed by atoms with Crippen molar-refractivity contribution >= 4 is 28.9 Å². The third-order valence-electron chi connectivity index (χ3n) is 4.77. The predicted molar refractivity (Wildman–Crippen MR) is 86.4 cm³/mol. The first-order valence-corrected chi connectivity index (χ1v) is 8.07. The zero-order chi connectivity index (χ0) is 15.4. The van der Waals surface area contributed by atoms with E-state index in [-0.39, 0.29) is 10.6 Å². The molecule has 1 aromatic carbocycles. The van der Waals surface area contributed by atoms with Gasteiger partial charge in [0.25, 0.3) is 5.69 Å². The fourth-order valence-electron chi connectivity index (χ4n) is 3.41. The summed E-state index contributed by atoms with van der Waals surface area (Å²) in [5, 5.41) is 11.2. The molecule has 2 heterocycles. The molecule has 6 nitrogen and oxygen atoms in total. The van der Waals surface area contributed by atoms with E-state index < -0.39 is 0 Å². The third-order valence-corrected chi connectivity index (χ3v) is 5.10. The van der Waals surface area contributed by atoms with Crippen LogP contribution in [-0.2, 0) is 13.1 Å². The second-order valence-corrected chi connectivity index (χ2v) is 6.91. The van der Waals surface area contributed by atoms with Crippen molar-refractivity contribution in [3.63, 3.8) is 0 Å². The minimum absolute atomic E-state index is 0.131. The molecule has 1 saturated carbocycles. The lowest BCUT2D eigenvalue weighted by molar-refractivity contribution is -0.384. The van der Waals surface area contributed by atoms with E-state index in [1.165, 1.54) is 12.8 Å². The minimum atomic E-state index is -0.330. The molecule has 1 aliphatic heterocycles. The molecule has 2 aliphatic rings. The summed E-state index contributed by atoms with van der Waals surface area (Å²) in [6, 6.07) is 3.67. The van der Waals surface area contributed by atoms with Gasteiger partial charge < -0.3 is 9.55 Å². The van der Waals surface area contributed by atoms with Crippen molar-refractivity contribution in [2.24, 2.45) is 5.92 Å². The molecular weight excluding hydrogens is 300 g/mol. The van der Waals surface area contributed by atoms with Crippen LogP contribution in [0.15, 0.2) is 12.1 Å². The summed E-state index contributed by atoms with van der Waals surface area (Å²) < 4.78 is 2.75. The van der Waals surface area contributed by atoms with E-state index >= 15 is 0 Å². The highest BCUT2D eigenvalue weighted by Crippen LogP contribution is 2.34. The van der Waals surface area contributed by atoms with Crippen molar-refractivity contribution in [3.05, 3.63) is 32.6 Å². The van der Waals surface area contributed by atoms with E-state index in [4.69, 9.17) is 12.2 Å². The molecule has 0 amide bonds. The van der Waals surface area contributed by atoms with Crippen molar-refractivity contribution in [2.75, 3.05) is 6.54 Å². The van der Waals surface area contributed by atoms with Gasteiger partial charge >= 0.3 is 0 Å². The number of nitro benzene ring substituents is 1. The van der Waals surface area contributed by atoms with Crippen LogP contribution in [0, 0.1) is 20.8 Å². The van der Waals surface area contributed by atoms with E-state index in [2.05, 4.69) is 21.4 Å². The molecule has 2 aromatic rings. The van der Waals surface area contributed by atoms with Crippen LogP contribution in [0.1, 0.15) is 25.3 Å². The second kappa shape index (κ2) is 4.89. The Morgan fingerprint density at radius 2 is 2.23 bits per heavy atom. The van der Waals surface area contributed by atoms with E-state index in [0.717, 1.165) is 42.1 Å². The highest BCUT2D eigenvalue weighted by molar-refractivity contribution is 7.71. The Labute approximate surface area is 132 Å². The molecule has 1 aromatic heterocycles. The van der Waals surface area contributed by atoms with Crippen LogP contribution in [0.4, 0.5) is 5.69 Å². The SMILES string of the molecule is C[C@H]1Cn2c(=S)[nH]c3cc([N+](=O)[O-])cc(c32)CN1CC1CC1. The van der Waals surface area contributed by atoms with Crippen molar-refractivity contribution in [1.82, 2.24) is 14.5 Å². The quantitative estimate of drug-likeness (QED) is 0.536. The number of nitro groups is 1. The number of nitrogens with one attached hydrogen (secondary N) is 1. The predicted octanol–water partition coefficient (Wildman–Crippen LogP) is 3.22. The lowest BCUT2D eigenvalue weighted by Gasteiger charge is -2.27. The summed E-state index contributed by atoms with van der Waals surface area (Å²) in [4.78, 5) is 16.4. The molecule has 4 rings (SSSR count). The highest BCUT2D eigenvalue weighted by Gasteiger charge is 2.30. The van der Waals surface area contributed by atoms with Gasteiger partial charge in [0.2, 0.25) is 0 Å². The number of hydrogen-bond donors (Lipinski definition) is 1. The maximum Gasteiger partial charge on any atom is 0.271 e. The summed E-state index contributed by atoms with van der Waals surface area (Å²) in [6.45, 7) is 4.87. The molecule has 0 bridgehead atoms. The van der Waals surface area contributed by atoms with Crippen LogP contribution in [0.2, 0.25) is 0 Å². The Kier molecular flexibility index (Phi) is 3.09. The molecule has 0 radical (unpaired) electrons. The molecule has 1 atom stereocenters. The number of hydrogen-bond acceptors (Lipinski definition) is 4. The smallest absolute Gasteiger partial charge is 0.271 e. The first-order chi connectivity index (χ1) is 10.5. The molecule has 0 saturated heterocycles. The molecule has 1 fully saturated rings. The first kappa shape index (κ1) is 13.9. The summed E-state index contributed by atoms with van der Waals surface area (Å²) in [6.07, 6.45) is 2.61. The average Bonchev–Trinajstić information content (AvgIpc) is 3.23. The molecule has 0 unspecified atom stereocenters. The van der Waals surface area contributed by atoms with Gasteiger partial charge in [-0.1, -0.05) is 0 Å². The van der Waals surface area contributed by atoms with Crippen LogP contribution in [0.25, 0.3) is 11.0 Å². The van der Waals surface area contributed by atoms with Crippen molar-refractivity contribution in [3.8, 4) is 0 Å².